The van der Waals surface area contributed by atoms with E-state index in [0.29, 0.717) is 0 Å². The van der Waals surface area contributed by atoms with Crippen LogP contribution in [0.25, 0.3) is 0 Å². The maximum absolute atomic E-state index is 12.0. The fraction of sp³-hybridized carbons (Fsp3) is 0.0769. The molecule has 1 aromatic heterocycles. The van der Waals surface area contributed by atoms with Crippen LogP contribution in [0.15, 0.2) is 28.9 Å². The molecule has 0 spiro atoms. The number of benzene rings is 1. The number of hydrogen-bond donors (Lipinski definition) is 3. The predicted octanol–water partition coefficient (Wildman–Crippen LogP) is 3.17. The average molecular weight is 407 g/mol. The monoisotopic (exact) mass is 405 g/mol. The average Bonchev–Trinajstić information content (AvgIpc) is 2.90. The van der Waals surface area contributed by atoms with Crippen molar-refractivity contribution < 1.29 is 14.3 Å². The van der Waals surface area contributed by atoms with E-state index in [1.807, 2.05) is 0 Å². The number of methoxy groups -OCH3 is 1. The second kappa shape index (κ2) is 7.04. The summed E-state index contributed by atoms with van der Waals surface area (Å²) >= 11 is 15.1. The predicted molar refractivity (Wildman–Crippen MR) is 86.4 cm³/mol. The number of halogens is 3. The normalized spacial score (nSPS) is 10.2. The molecule has 22 heavy (non-hydrogen) atoms. The molecule has 0 radical (unpaired) electrons. The van der Waals surface area contributed by atoms with Crippen molar-refractivity contribution in [2.75, 3.05) is 7.11 Å². The summed E-state index contributed by atoms with van der Waals surface area (Å²) in [6, 6.07) is 4.35. The van der Waals surface area contributed by atoms with Gasteiger partial charge in [-0.15, -0.1) is 0 Å². The van der Waals surface area contributed by atoms with Crippen molar-refractivity contribution in [3.8, 4) is 5.75 Å². The first-order valence-electron chi connectivity index (χ1n) is 5.90. The van der Waals surface area contributed by atoms with Crippen LogP contribution >= 0.6 is 39.1 Å². The number of H-pyrrole nitrogens is 1. The first-order valence-corrected chi connectivity index (χ1v) is 7.45. The molecule has 0 aliphatic rings. The number of hydrogen-bond acceptors (Lipinski definition) is 3. The third kappa shape index (κ3) is 3.73. The fourth-order valence-corrected chi connectivity index (χ4v) is 2.62. The zero-order chi connectivity index (χ0) is 16.3. The van der Waals surface area contributed by atoms with Crippen LogP contribution in [0, 0.1) is 0 Å². The molecule has 2 amide bonds. The van der Waals surface area contributed by atoms with Crippen molar-refractivity contribution in [2.45, 2.75) is 0 Å². The summed E-state index contributed by atoms with van der Waals surface area (Å²) in [5.74, 6) is -0.782. The number of nitrogens with one attached hydrogen (secondary N) is 3. The van der Waals surface area contributed by atoms with Crippen molar-refractivity contribution in [3.63, 3.8) is 0 Å². The van der Waals surface area contributed by atoms with Gasteiger partial charge < -0.3 is 9.72 Å². The number of aromatic nitrogens is 1. The van der Waals surface area contributed by atoms with Crippen LogP contribution in [0.3, 0.4) is 0 Å². The molecule has 2 aromatic rings. The highest BCUT2D eigenvalue weighted by molar-refractivity contribution is 9.10. The maximum Gasteiger partial charge on any atom is 0.286 e. The van der Waals surface area contributed by atoms with Crippen LogP contribution < -0.4 is 15.6 Å². The lowest BCUT2D eigenvalue weighted by Crippen LogP contribution is -2.41. The largest absolute Gasteiger partial charge is 0.494 e. The van der Waals surface area contributed by atoms with E-state index in [1.165, 1.54) is 19.2 Å². The van der Waals surface area contributed by atoms with Crippen LogP contribution in [0.2, 0.25) is 10.0 Å². The van der Waals surface area contributed by atoms with Gasteiger partial charge in [-0.2, -0.15) is 0 Å². The quantitative estimate of drug-likeness (QED) is 0.684. The van der Waals surface area contributed by atoms with Crippen LogP contribution in [0.4, 0.5) is 0 Å². The number of aromatic amines is 1. The number of amides is 2. The fourth-order valence-electron chi connectivity index (χ4n) is 1.64. The summed E-state index contributed by atoms with van der Waals surface area (Å²) in [6.07, 6.45) is 1.60. The Morgan fingerprint density at radius 2 is 1.73 bits per heavy atom. The molecule has 0 aliphatic carbocycles. The van der Waals surface area contributed by atoms with Crippen molar-refractivity contribution >= 4 is 50.9 Å². The number of carbonyl (C=O) groups excluding carboxylic acids is 2. The lowest BCUT2D eigenvalue weighted by Gasteiger charge is -2.10. The molecule has 0 aliphatic heterocycles. The van der Waals surface area contributed by atoms with Crippen LogP contribution in [0.5, 0.6) is 5.75 Å². The van der Waals surface area contributed by atoms with Gasteiger partial charge in [0.2, 0.25) is 0 Å². The number of ether oxygens (including phenoxy) is 1. The van der Waals surface area contributed by atoms with E-state index in [2.05, 4.69) is 31.8 Å². The van der Waals surface area contributed by atoms with Gasteiger partial charge in [-0.25, -0.2) is 0 Å². The third-order valence-corrected chi connectivity index (χ3v) is 3.67. The molecule has 0 fully saturated rings. The zero-order valence-corrected chi connectivity index (χ0v) is 14.3. The summed E-state index contributed by atoms with van der Waals surface area (Å²) in [4.78, 5) is 26.5. The smallest absolute Gasteiger partial charge is 0.286 e. The molecule has 6 nitrogen and oxygen atoms in total. The first kappa shape index (κ1) is 16.7. The van der Waals surface area contributed by atoms with Gasteiger partial charge in [-0.1, -0.05) is 23.2 Å². The van der Waals surface area contributed by atoms with Gasteiger partial charge in [0.1, 0.15) is 5.69 Å². The van der Waals surface area contributed by atoms with E-state index in [0.717, 1.165) is 4.47 Å². The van der Waals surface area contributed by atoms with E-state index >= 15 is 0 Å². The summed E-state index contributed by atoms with van der Waals surface area (Å²) in [5, 5.41) is 0.388. The molecule has 0 saturated carbocycles. The third-order valence-electron chi connectivity index (χ3n) is 2.65. The summed E-state index contributed by atoms with van der Waals surface area (Å²) in [5.41, 5.74) is 5.01. The Bertz CT molecular complexity index is 710. The zero-order valence-electron chi connectivity index (χ0n) is 11.2. The van der Waals surface area contributed by atoms with Crippen molar-refractivity contribution in [1.82, 2.24) is 15.8 Å². The lowest BCUT2D eigenvalue weighted by molar-refractivity contribution is 0.0844. The van der Waals surface area contributed by atoms with E-state index in [-0.39, 0.29) is 27.1 Å². The van der Waals surface area contributed by atoms with Gasteiger partial charge >= 0.3 is 0 Å². The van der Waals surface area contributed by atoms with Gasteiger partial charge in [0.05, 0.1) is 17.2 Å². The van der Waals surface area contributed by atoms with E-state index in [4.69, 9.17) is 27.9 Å². The molecule has 0 bridgehead atoms. The Morgan fingerprint density at radius 3 is 2.23 bits per heavy atom. The maximum atomic E-state index is 12.0. The Labute approximate surface area is 144 Å². The minimum Gasteiger partial charge on any atom is -0.494 e. The van der Waals surface area contributed by atoms with E-state index in [1.54, 1.807) is 12.3 Å². The highest BCUT2D eigenvalue weighted by Gasteiger charge is 2.15. The lowest BCUT2D eigenvalue weighted by atomic mass is 10.2. The summed E-state index contributed by atoms with van der Waals surface area (Å²) < 4.78 is 5.72. The van der Waals surface area contributed by atoms with Crippen LogP contribution in [-0.2, 0) is 0 Å². The minimum atomic E-state index is -0.564. The first-order chi connectivity index (χ1) is 10.4. The van der Waals surface area contributed by atoms with Crippen LogP contribution in [0.1, 0.15) is 20.8 Å². The molecule has 2 rings (SSSR count). The standard InChI is InChI=1S/C13H10BrCl2N3O3/c1-22-11-8(15)2-6(3-9(11)16)12(20)18-19-13(21)10-4-7(14)5-17-10/h2-5,17H,1H3,(H,18,20)(H,19,21). The van der Waals surface area contributed by atoms with Crippen molar-refractivity contribution in [3.05, 3.63) is 50.2 Å². The number of hydrazine groups is 1. The Morgan fingerprint density at radius 1 is 1.14 bits per heavy atom. The summed E-state index contributed by atoms with van der Waals surface area (Å²) in [7, 11) is 1.42. The van der Waals surface area contributed by atoms with E-state index in [9.17, 15) is 9.59 Å². The highest BCUT2D eigenvalue weighted by atomic mass is 79.9. The van der Waals surface area contributed by atoms with Gasteiger partial charge in [0.15, 0.2) is 5.75 Å². The molecule has 116 valence electrons. The molecule has 3 N–H and O–H groups in total. The van der Waals surface area contributed by atoms with Crippen LogP contribution in [-0.4, -0.2) is 23.9 Å². The number of carbonyl (C=O) groups is 2. The molecule has 0 saturated heterocycles. The Hall–Kier alpha value is -1.70. The van der Waals surface area contributed by atoms with E-state index < -0.39 is 11.8 Å². The van der Waals surface area contributed by atoms with Crippen molar-refractivity contribution in [1.29, 1.82) is 0 Å². The van der Waals surface area contributed by atoms with Gasteiger partial charge in [0.25, 0.3) is 11.8 Å². The second-order valence-corrected chi connectivity index (χ2v) is 5.84. The summed E-state index contributed by atoms with van der Waals surface area (Å²) in [6.45, 7) is 0. The van der Waals surface area contributed by atoms with Gasteiger partial charge in [-0.3, -0.25) is 20.4 Å². The highest BCUT2D eigenvalue weighted by Crippen LogP contribution is 2.33. The van der Waals surface area contributed by atoms with Gasteiger partial charge in [0, 0.05) is 16.2 Å². The minimum absolute atomic E-state index is 0.184. The molecule has 9 heteroatoms. The topological polar surface area (TPSA) is 83.2 Å². The second-order valence-electron chi connectivity index (χ2n) is 4.11. The van der Waals surface area contributed by atoms with Crippen molar-refractivity contribution in [2.24, 2.45) is 0 Å². The Kier molecular flexibility index (Phi) is 5.33. The van der Waals surface area contributed by atoms with Gasteiger partial charge in [-0.05, 0) is 34.1 Å². The molecule has 0 unspecified atom stereocenters. The SMILES string of the molecule is COc1c(Cl)cc(C(=O)NNC(=O)c2cc(Br)c[nH]2)cc1Cl. The molecule has 1 heterocycles. The molecule has 1 aromatic carbocycles. The molecular weight excluding hydrogens is 397 g/mol. The molecule has 0 atom stereocenters. The molecular formula is C13H10BrCl2N3O3. The Balaban J connectivity index is 2.05. The number of rotatable bonds is 3.